The summed E-state index contributed by atoms with van der Waals surface area (Å²) >= 11 is 0. The zero-order valence-electron chi connectivity index (χ0n) is 12.5. The first-order valence-electron chi connectivity index (χ1n) is 6.39. The molecule has 0 radical (unpaired) electrons. The molecule has 0 saturated carbocycles. The minimum Gasteiger partial charge on any atom is -0.480 e. The second kappa shape index (κ2) is 8.83. The fourth-order valence-corrected chi connectivity index (χ4v) is 1.21. The van der Waals surface area contributed by atoms with Gasteiger partial charge >= 0.3 is 18.2 Å². The third-order valence-electron chi connectivity index (χ3n) is 2.02. The Morgan fingerprint density at radius 2 is 1.90 bits per heavy atom. The summed E-state index contributed by atoms with van der Waals surface area (Å²) in [6.07, 6.45) is -0.109. The van der Waals surface area contributed by atoms with E-state index in [9.17, 15) is 14.4 Å². The van der Waals surface area contributed by atoms with Gasteiger partial charge in [0.1, 0.15) is 18.2 Å². The Morgan fingerprint density at radius 3 is 2.38 bits per heavy atom. The Morgan fingerprint density at radius 1 is 1.29 bits per heavy atom. The summed E-state index contributed by atoms with van der Waals surface area (Å²) in [5.74, 6) is -1.22. The van der Waals surface area contributed by atoms with Gasteiger partial charge in [-0.2, -0.15) is 0 Å². The highest BCUT2D eigenvalue weighted by Crippen LogP contribution is 2.07. The monoisotopic (exact) mass is 302 g/mol. The lowest BCUT2D eigenvalue weighted by atomic mass is 10.2. The fraction of sp³-hybridized carbons (Fsp3) is 0.615. The van der Waals surface area contributed by atoms with Crippen molar-refractivity contribution in [1.29, 1.82) is 0 Å². The smallest absolute Gasteiger partial charge is 0.408 e. The molecule has 2 amide bonds. The molecule has 0 aliphatic rings. The van der Waals surface area contributed by atoms with Gasteiger partial charge in [0, 0.05) is 6.54 Å². The van der Waals surface area contributed by atoms with Gasteiger partial charge in [0.05, 0.1) is 0 Å². The van der Waals surface area contributed by atoms with Gasteiger partial charge in [-0.3, -0.25) is 0 Å². The summed E-state index contributed by atoms with van der Waals surface area (Å²) in [5, 5.41) is 13.6. The number of carboxylic acids is 1. The molecule has 120 valence electrons. The Balaban J connectivity index is 4.20. The molecule has 0 aromatic heterocycles. The summed E-state index contributed by atoms with van der Waals surface area (Å²) in [7, 11) is 0. The van der Waals surface area contributed by atoms with Crippen LogP contribution in [0.1, 0.15) is 27.2 Å². The van der Waals surface area contributed by atoms with Gasteiger partial charge in [-0.25, -0.2) is 14.4 Å². The molecule has 0 heterocycles. The van der Waals surface area contributed by atoms with Crippen LogP contribution in [0, 0.1) is 0 Å². The fourth-order valence-electron chi connectivity index (χ4n) is 1.21. The van der Waals surface area contributed by atoms with Crippen LogP contribution < -0.4 is 10.6 Å². The molecule has 0 aromatic rings. The van der Waals surface area contributed by atoms with Crippen molar-refractivity contribution in [3.8, 4) is 0 Å². The molecule has 0 spiro atoms. The molecule has 0 saturated heterocycles. The number of nitrogens with one attached hydrogen (secondary N) is 2. The summed E-state index contributed by atoms with van der Waals surface area (Å²) in [6, 6.07) is -1.17. The largest absolute Gasteiger partial charge is 0.480 e. The molecule has 0 aliphatic heterocycles. The molecule has 0 bridgehead atoms. The maximum Gasteiger partial charge on any atom is 0.408 e. The van der Waals surface area contributed by atoms with Gasteiger partial charge in [0.25, 0.3) is 0 Å². The van der Waals surface area contributed by atoms with Gasteiger partial charge in [-0.05, 0) is 27.2 Å². The number of alkyl carbamates (subject to hydrolysis) is 2. The van der Waals surface area contributed by atoms with E-state index in [1.165, 1.54) is 6.08 Å². The minimum atomic E-state index is -1.22. The molecule has 0 fully saturated rings. The lowest BCUT2D eigenvalue weighted by molar-refractivity contribution is -0.139. The minimum absolute atomic E-state index is 0.00222. The molecule has 0 rings (SSSR count). The zero-order chi connectivity index (χ0) is 16.5. The number of aliphatic carboxylic acids is 1. The van der Waals surface area contributed by atoms with Gasteiger partial charge in [0.15, 0.2) is 0 Å². The number of hydrogen-bond acceptors (Lipinski definition) is 5. The van der Waals surface area contributed by atoms with Gasteiger partial charge in [-0.1, -0.05) is 12.7 Å². The van der Waals surface area contributed by atoms with Gasteiger partial charge in [0.2, 0.25) is 0 Å². The number of rotatable bonds is 7. The van der Waals surface area contributed by atoms with Crippen molar-refractivity contribution in [1.82, 2.24) is 10.6 Å². The van der Waals surface area contributed by atoms with Crippen LogP contribution in [0.5, 0.6) is 0 Å². The van der Waals surface area contributed by atoms with E-state index in [0.717, 1.165) is 0 Å². The lowest BCUT2D eigenvalue weighted by Crippen LogP contribution is -2.45. The highest BCUT2D eigenvalue weighted by molar-refractivity contribution is 5.80. The summed E-state index contributed by atoms with van der Waals surface area (Å²) in [6.45, 7) is 8.47. The van der Waals surface area contributed by atoms with Crippen LogP contribution in [0.15, 0.2) is 12.7 Å². The summed E-state index contributed by atoms with van der Waals surface area (Å²) < 4.78 is 9.62. The lowest BCUT2D eigenvalue weighted by Gasteiger charge is -2.22. The number of carbonyl (C=O) groups excluding carboxylic acids is 2. The normalized spacial score (nSPS) is 12.0. The van der Waals surface area contributed by atoms with Crippen molar-refractivity contribution >= 4 is 18.2 Å². The molecule has 8 nitrogen and oxygen atoms in total. The van der Waals surface area contributed by atoms with E-state index in [1.807, 2.05) is 0 Å². The third-order valence-corrected chi connectivity index (χ3v) is 2.02. The predicted octanol–water partition coefficient (Wildman–Crippen LogP) is 1.27. The molecule has 0 aromatic carbocycles. The van der Waals surface area contributed by atoms with Crippen molar-refractivity contribution in [2.45, 2.75) is 38.8 Å². The molecule has 0 aliphatic carbocycles. The molecule has 21 heavy (non-hydrogen) atoms. The topological polar surface area (TPSA) is 114 Å². The Kier molecular flexibility index (Phi) is 7.88. The average molecular weight is 302 g/mol. The maximum atomic E-state index is 11.5. The molecular weight excluding hydrogens is 280 g/mol. The zero-order valence-corrected chi connectivity index (χ0v) is 12.5. The highest BCUT2D eigenvalue weighted by Gasteiger charge is 2.23. The van der Waals surface area contributed by atoms with E-state index in [-0.39, 0.29) is 19.6 Å². The molecule has 1 atom stereocenters. The number of carboxylic acid groups (broad SMARTS) is 1. The van der Waals surface area contributed by atoms with E-state index in [0.29, 0.717) is 0 Å². The molecule has 3 N–H and O–H groups in total. The van der Waals surface area contributed by atoms with Crippen molar-refractivity contribution in [2.24, 2.45) is 0 Å². The van der Waals surface area contributed by atoms with Crippen LogP contribution in [0.4, 0.5) is 9.59 Å². The molecular formula is C13H22N2O6. The Hall–Kier alpha value is -2.25. The Bertz CT molecular complexity index is 389. The van der Waals surface area contributed by atoms with Crippen LogP contribution in [0.2, 0.25) is 0 Å². The van der Waals surface area contributed by atoms with E-state index >= 15 is 0 Å². The van der Waals surface area contributed by atoms with E-state index in [1.54, 1.807) is 20.8 Å². The number of ether oxygens (including phenoxy) is 2. The molecule has 0 unspecified atom stereocenters. The van der Waals surface area contributed by atoms with Crippen LogP contribution in [-0.2, 0) is 14.3 Å². The van der Waals surface area contributed by atoms with Crippen LogP contribution in [0.25, 0.3) is 0 Å². The predicted molar refractivity (Wildman–Crippen MR) is 75.0 cm³/mol. The Labute approximate surface area is 123 Å². The average Bonchev–Trinajstić information content (AvgIpc) is 2.32. The second-order valence-electron chi connectivity index (χ2n) is 5.14. The first-order chi connectivity index (χ1) is 9.65. The third kappa shape index (κ3) is 10.2. The van der Waals surface area contributed by atoms with Crippen molar-refractivity contribution < 1.29 is 29.0 Å². The summed E-state index contributed by atoms with van der Waals surface area (Å²) in [5.41, 5.74) is -0.722. The first kappa shape index (κ1) is 18.8. The van der Waals surface area contributed by atoms with Crippen LogP contribution >= 0.6 is 0 Å². The quantitative estimate of drug-likeness (QED) is 0.610. The van der Waals surface area contributed by atoms with Gasteiger partial charge < -0.3 is 25.2 Å². The van der Waals surface area contributed by atoms with Crippen LogP contribution in [0.3, 0.4) is 0 Å². The standard InChI is InChI=1S/C13H22N2O6/c1-5-8-20-11(18)14-7-6-9(10(16)17)15-12(19)21-13(2,3)4/h5,9H,1,6-8H2,2-4H3,(H,14,18)(H,15,19)(H,16,17)/t9-/m0/s1. The van der Waals surface area contributed by atoms with E-state index < -0.39 is 29.8 Å². The maximum absolute atomic E-state index is 11.5. The van der Waals surface area contributed by atoms with Crippen molar-refractivity contribution in [3.63, 3.8) is 0 Å². The van der Waals surface area contributed by atoms with Crippen molar-refractivity contribution in [2.75, 3.05) is 13.2 Å². The highest BCUT2D eigenvalue weighted by atomic mass is 16.6. The first-order valence-corrected chi connectivity index (χ1v) is 6.39. The number of carbonyl (C=O) groups is 3. The van der Waals surface area contributed by atoms with Crippen LogP contribution in [-0.4, -0.2) is 48.1 Å². The summed E-state index contributed by atoms with van der Waals surface area (Å²) in [4.78, 5) is 33.6. The number of amides is 2. The SMILES string of the molecule is C=CCOC(=O)NCC[C@H](NC(=O)OC(C)(C)C)C(=O)O. The van der Waals surface area contributed by atoms with E-state index in [4.69, 9.17) is 9.84 Å². The van der Waals surface area contributed by atoms with E-state index in [2.05, 4.69) is 21.9 Å². The van der Waals surface area contributed by atoms with Gasteiger partial charge in [-0.15, -0.1) is 0 Å². The number of hydrogen-bond donors (Lipinski definition) is 3. The second-order valence-corrected chi connectivity index (χ2v) is 5.14. The molecule has 8 heteroatoms. The van der Waals surface area contributed by atoms with Crippen molar-refractivity contribution in [3.05, 3.63) is 12.7 Å².